The molecule has 96 valence electrons. The quantitative estimate of drug-likeness (QED) is 0.830. The third kappa shape index (κ3) is 1.89. The number of carbonyl (C=O) groups is 2. The minimum absolute atomic E-state index is 0.130. The molecule has 0 radical (unpaired) electrons. The molecule has 2 atom stereocenters. The van der Waals surface area contributed by atoms with E-state index in [-0.39, 0.29) is 17.5 Å². The highest BCUT2D eigenvalue weighted by atomic mass is 16.3. The van der Waals surface area contributed by atoms with E-state index in [2.05, 4.69) is 0 Å². The van der Waals surface area contributed by atoms with Crippen molar-refractivity contribution in [2.75, 3.05) is 0 Å². The molecular formula is C15H18O3. The topological polar surface area (TPSA) is 54.4 Å². The van der Waals surface area contributed by atoms with E-state index >= 15 is 0 Å². The molecule has 0 amide bonds. The van der Waals surface area contributed by atoms with Gasteiger partial charge in [-0.15, -0.1) is 0 Å². The van der Waals surface area contributed by atoms with Gasteiger partial charge in [0.1, 0.15) is 0 Å². The van der Waals surface area contributed by atoms with E-state index in [4.69, 9.17) is 0 Å². The number of ketones is 2. The van der Waals surface area contributed by atoms with E-state index in [9.17, 15) is 14.7 Å². The number of rotatable bonds is 4. The van der Waals surface area contributed by atoms with Gasteiger partial charge in [0.15, 0.2) is 11.6 Å². The van der Waals surface area contributed by atoms with Gasteiger partial charge in [-0.05, 0) is 12.8 Å². The number of hydrogen-bond donors (Lipinski definition) is 1. The largest absolute Gasteiger partial charge is 0.393 e. The summed E-state index contributed by atoms with van der Waals surface area (Å²) in [7, 11) is 0. The molecule has 0 heterocycles. The first kappa shape index (κ1) is 13.0. The number of aliphatic hydroxyl groups excluding tert-OH is 1. The fraction of sp³-hybridized carbons (Fsp3) is 0.467. The van der Waals surface area contributed by atoms with Crippen LogP contribution in [0.25, 0.3) is 0 Å². The molecule has 0 aromatic heterocycles. The number of benzene rings is 1. The molecule has 0 spiro atoms. The molecule has 18 heavy (non-hydrogen) atoms. The van der Waals surface area contributed by atoms with Crippen molar-refractivity contribution >= 4 is 11.6 Å². The third-order valence-electron chi connectivity index (χ3n) is 3.83. The highest BCUT2D eigenvalue weighted by Crippen LogP contribution is 2.35. The lowest BCUT2D eigenvalue weighted by Gasteiger charge is -2.24. The van der Waals surface area contributed by atoms with Crippen molar-refractivity contribution in [3.8, 4) is 0 Å². The van der Waals surface area contributed by atoms with Crippen molar-refractivity contribution in [1.29, 1.82) is 0 Å². The van der Waals surface area contributed by atoms with E-state index in [1.54, 1.807) is 24.3 Å². The second kappa shape index (κ2) is 5.02. The fourth-order valence-corrected chi connectivity index (χ4v) is 2.79. The second-order valence-corrected chi connectivity index (χ2v) is 4.80. The monoisotopic (exact) mass is 246 g/mol. The molecule has 0 unspecified atom stereocenters. The summed E-state index contributed by atoms with van der Waals surface area (Å²) in [5.41, 5.74) is 1.02. The number of carbonyl (C=O) groups excluding carboxylic acids is 2. The summed E-state index contributed by atoms with van der Waals surface area (Å²) in [6, 6.07) is 6.93. The van der Waals surface area contributed by atoms with Crippen LogP contribution < -0.4 is 0 Å². The van der Waals surface area contributed by atoms with Gasteiger partial charge in [0.05, 0.1) is 12.0 Å². The van der Waals surface area contributed by atoms with Crippen molar-refractivity contribution in [3.63, 3.8) is 0 Å². The normalized spacial score (nSPS) is 18.8. The highest BCUT2D eigenvalue weighted by molar-refractivity contribution is 6.26. The van der Waals surface area contributed by atoms with Crippen molar-refractivity contribution in [2.45, 2.75) is 32.8 Å². The first-order chi connectivity index (χ1) is 8.61. The van der Waals surface area contributed by atoms with Gasteiger partial charge in [-0.3, -0.25) is 9.59 Å². The first-order valence-corrected chi connectivity index (χ1v) is 6.47. The lowest BCUT2D eigenvalue weighted by Crippen LogP contribution is -2.33. The summed E-state index contributed by atoms with van der Waals surface area (Å²) in [6.45, 7) is 3.78. The Morgan fingerprint density at radius 2 is 1.56 bits per heavy atom. The molecular weight excluding hydrogens is 228 g/mol. The third-order valence-corrected chi connectivity index (χ3v) is 3.83. The van der Waals surface area contributed by atoms with Gasteiger partial charge in [-0.1, -0.05) is 38.1 Å². The Morgan fingerprint density at radius 3 is 1.94 bits per heavy atom. The van der Waals surface area contributed by atoms with Gasteiger partial charge in [0.25, 0.3) is 0 Å². The van der Waals surface area contributed by atoms with Crippen molar-refractivity contribution in [2.24, 2.45) is 11.8 Å². The molecule has 3 nitrogen and oxygen atoms in total. The van der Waals surface area contributed by atoms with E-state index in [0.29, 0.717) is 24.0 Å². The molecule has 0 saturated carbocycles. The molecule has 1 aromatic rings. The minimum atomic E-state index is -0.692. The van der Waals surface area contributed by atoms with E-state index in [0.717, 1.165) is 0 Å². The second-order valence-electron chi connectivity index (χ2n) is 4.80. The first-order valence-electron chi connectivity index (χ1n) is 6.47. The molecule has 2 rings (SSSR count). The van der Waals surface area contributed by atoms with Gasteiger partial charge in [0, 0.05) is 17.0 Å². The molecule has 1 aliphatic rings. The van der Waals surface area contributed by atoms with Gasteiger partial charge >= 0.3 is 0 Å². The van der Waals surface area contributed by atoms with Gasteiger partial charge < -0.3 is 5.11 Å². The van der Waals surface area contributed by atoms with E-state index < -0.39 is 12.0 Å². The Kier molecular flexibility index (Phi) is 3.62. The van der Waals surface area contributed by atoms with Crippen LogP contribution in [0, 0.1) is 11.8 Å². The molecule has 0 bridgehead atoms. The van der Waals surface area contributed by atoms with Gasteiger partial charge in [-0.2, -0.15) is 0 Å². The van der Waals surface area contributed by atoms with Gasteiger partial charge in [-0.25, -0.2) is 0 Å². The maximum absolute atomic E-state index is 12.3. The zero-order chi connectivity index (χ0) is 13.3. The predicted octanol–water partition coefficient (Wildman–Crippen LogP) is 2.48. The van der Waals surface area contributed by atoms with Crippen molar-refractivity contribution < 1.29 is 14.7 Å². The fourth-order valence-electron chi connectivity index (χ4n) is 2.79. The van der Waals surface area contributed by atoms with Crippen LogP contribution in [-0.2, 0) is 0 Å². The number of fused-ring (bicyclic) bond motifs is 1. The molecule has 0 aliphatic heterocycles. The molecule has 1 N–H and O–H groups in total. The summed E-state index contributed by atoms with van der Waals surface area (Å²) in [4.78, 5) is 24.6. The minimum Gasteiger partial charge on any atom is -0.393 e. The zero-order valence-electron chi connectivity index (χ0n) is 10.7. The molecule has 1 aromatic carbocycles. The van der Waals surface area contributed by atoms with Gasteiger partial charge in [0.2, 0.25) is 0 Å². The van der Waals surface area contributed by atoms with Crippen LogP contribution in [-0.4, -0.2) is 22.8 Å². The number of hydrogen-bond acceptors (Lipinski definition) is 3. The lowest BCUT2D eigenvalue weighted by molar-refractivity contribution is 0.0502. The average molecular weight is 246 g/mol. The molecule has 0 fully saturated rings. The van der Waals surface area contributed by atoms with E-state index in [1.807, 2.05) is 13.8 Å². The Hall–Kier alpha value is -1.48. The molecule has 3 heteroatoms. The average Bonchev–Trinajstić information content (AvgIpc) is 2.65. The van der Waals surface area contributed by atoms with Crippen LogP contribution >= 0.6 is 0 Å². The predicted molar refractivity (Wildman–Crippen MR) is 68.7 cm³/mol. The SMILES string of the molecule is CC[C@@H](O)[C@H](CC)C1C(=O)c2ccccc2C1=O. The summed E-state index contributed by atoms with van der Waals surface area (Å²) in [5.74, 6) is -1.23. The Morgan fingerprint density at radius 1 is 1.06 bits per heavy atom. The van der Waals surface area contributed by atoms with E-state index in [1.165, 1.54) is 0 Å². The maximum Gasteiger partial charge on any atom is 0.174 e. The van der Waals surface area contributed by atoms with Crippen LogP contribution in [0.4, 0.5) is 0 Å². The Labute approximate surface area is 107 Å². The summed E-state index contributed by atoms with van der Waals surface area (Å²) in [5, 5.41) is 9.99. The number of Topliss-reactive ketones (excluding diaryl/α,β-unsaturated/α-hetero) is 2. The highest BCUT2D eigenvalue weighted by Gasteiger charge is 2.44. The van der Waals surface area contributed by atoms with Crippen LogP contribution in [0.3, 0.4) is 0 Å². The molecule has 0 saturated heterocycles. The zero-order valence-corrected chi connectivity index (χ0v) is 10.7. The summed E-state index contributed by atoms with van der Waals surface area (Å²) >= 11 is 0. The van der Waals surface area contributed by atoms with Crippen LogP contribution in [0.5, 0.6) is 0 Å². The summed E-state index contributed by atoms with van der Waals surface area (Å²) in [6.07, 6.45) is 0.596. The van der Waals surface area contributed by atoms with Crippen molar-refractivity contribution in [3.05, 3.63) is 35.4 Å². The van der Waals surface area contributed by atoms with Crippen LogP contribution in [0.2, 0.25) is 0 Å². The summed E-state index contributed by atoms with van der Waals surface area (Å²) < 4.78 is 0. The standard InChI is InChI=1S/C15H18O3/c1-3-9(12(16)4-2)13-14(17)10-7-5-6-8-11(10)15(13)18/h5-9,12-13,16H,3-4H2,1-2H3/t9-,12+/m0/s1. The Bertz CT molecular complexity index is 443. The maximum atomic E-state index is 12.3. The lowest BCUT2D eigenvalue weighted by atomic mass is 9.81. The van der Waals surface area contributed by atoms with Crippen LogP contribution in [0.1, 0.15) is 47.4 Å². The number of aliphatic hydroxyl groups is 1. The van der Waals surface area contributed by atoms with Crippen molar-refractivity contribution in [1.82, 2.24) is 0 Å². The Balaban J connectivity index is 2.38. The van der Waals surface area contributed by atoms with Crippen LogP contribution in [0.15, 0.2) is 24.3 Å². The molecule has 1 aliphatic carbocycles. The smallest absolute Gasteiger partial charge is 0.174 e.